The predicted molar refractivity (Wildman–Crippen MR) is 79.6 cm³/mol. The van der Waals surface area contributed by atoms with E-state index in [2.05, 4.69) is 57.3 Å². The first-order valence-corrected chi connectivity index (χ1v) is 6.94. The van der Waals surface area contributed by atoms with E-state index in [0.29, 0.717) is 0 Å². The summed E-state index contributed by atoms with van der Waals surface area (Å²) in [6, 6.07) is 8.92. The first kappa shape index (κ1) is 15.2. The number of nitrogens with one attached hydrogen (secondary N) is 1. The molecule has 1 aromatic carbocycles. The Kier molecular flexibility index (Phi) is 5.83. The van der Waals surface area contributed by atoms with Gasteiger partial charge in [0.2, 0.25) is 0 Å². The standard InChI is InChI=1S/C16H28N2/c1-13(2)11-14-5-7-15(8-6-14)12-18-10-9-16(3,4)17/h5-8,13,18H,9-12,17H2,1-4H3. The van der Waals surface area contributed by atoms with Crippen molar-refractivity contribution in [3.8, 4) is 0 Å². The van der Waals surface area contributed by atoms with Gasteiger partial charge in [-0.3, -0.25) is 0 Å². The van der Waals surface area contributed by atoms with Gasteiger partial charge in [0.15, 0.2) is 0 Å². The molecule has 0 aliphatic heterocycles. The zero-order valence-electron chi connectivity index (χ0n) is 12.3. The van der Waals surface area contributed by atoms with Crippen LogP contribution in [-0.2, 0) is 13.0 Å². The second kappa shape index (κ2) is 6.91. The summed E-state index contributed by atoms with van der Waals surface area (Å²) < 4.78 is 0. The Morgan fingerprint density at radius 3 is 2.17 bits per heavy atom. The molecule has 3 N–H and O–H groups in total. The maximum Gasteiger partial charge on any atom is 0.0205 e. The predicted octanol–water partition coefficient (Wildman–Crippen LogP) is 3.10. The number of hydrogen-bond donors (Lipinski definition) is 2. The molecule has 0 heterocycles. The fourth-order valence-corrected chi connectivity index (χ4v) is 1.91. The third-order valence-electron chi connectivity index (χ3n) is 2.94. The van der Waals surface area contributed by atoms with Crippen molar-refractivity contribution in [1.29, 1.82) is 0 Å². The fourth-order valence-electron chi connectivity index (χ4n) is 1.91. The quantitative estimate of drug-likeness (QED) is 0.728. The fraction of sp³-hybridized carbons (Fsp3) is 0.625. The molecule has 0 unspecified atom stereocenters. The van der Waals surface area contributed by atoms with Gasteiger partial charge in [-0.1, -0.05) is 38.1 Å². The van der Waals surface area contributed by atoms with Crippen LogP contribution in [0.1, 0.15) is 45.2 Å². The number of nitrogens with two attached hydrogens (primary N) is 1. The molecule has 0 fully saturated rings. The Morgan fingerprint density at radius 1 is 1.11 bits per heavy atom. The number of rotatable bonds is 7. The van der Waals surface area contributed by atoms with Gasteiger partial charge in [-0.15, -0.1) is 0 Å². The van der Waals surface area contributed by atoms with Crippen molar-refractivity contribution < 1.29 is 0 Å². The number of hydrogen-bond acceptors (Lipinski definition) is 2. The van der Waals surface area contributed by atoms with Crippen LogP contribution in [0.25, 0.3) is 0 Å². The summed E-state index contributed by atoms with van der Waals surface area (Å²) in [5, 5.41) is 3.44. The summed E-state index contributed by atoms with van der Waals surface area (Å²) in [5.41, 5.74) is 8.64. The Labute approximate surface area is 112 Å². The lowest BCUT2D eigenvalue weighted by Gasteiger charge is -2.18. The van der Waals surface area contributed by atoms with Gasteiger partial charge in [-0.05, 0) is 50.3 Å². The highest BCUT2D eigenvalue weighted by molar-refractivity contribution is 5.22. The highest BCUT2D eigenvalue weighted by Gasteiger charge is 2.08. The number of benzene rings is 1. The van der Waals surface area contributed by atoms with Crippen LogP contribution < -0.4 is 11.1 Å². The molecule has 0 saturated carbocycles. The van der Waals surface area contributed by atoms with Crippen LogP contribution in [0.2, 0.25) is 0 Å². The van der Waals surface area contributed by atoms with Crippen molar-refractivity contribution in [2.24, 2.45) is 11.7 Å². The van der Waals surface area contributed by atoms with Crippen molar-refractivity contribution in [3.63, 3.8) is 0 Å². The van der Waals surface area contributed by atoms with Gasteiger partial charge in [-0.2, -0.15) is 0 Å². The first-order valence-electron chi connectivity index (χ1n) is 6.94. The molecule has 1 aromatic rings. The molecule has 0 bridgehead atoms. The zero-order valence-corrected chi connectivity index (χ0v) is 12.3. The van der Waals surface area contributed by atoms with Crippen LogP contribution in [0.5, 0.6) is 0 Å². The van der Waals surface area contributed by atoms with Gasteiger partial charge in [0.1, 0.15) is 0 Å². The average Bonchev–Trinajstić information content (AvgIpc) is 2.24. The minimum Gasteiger partial charge on any atom is -0.326 e. The third-order valence-corrected chi connectivity index (χ3v) is 2.94. The SMILES string of the molecule is CC(C)Cc1ccc(CNCCC(C)(C)N)cc1. The van der Waals surface area contributed by atoms with Crippen molar-refractivity contribution in [2.75, 3.05) is 6.54 Å². The maximum absolute atomic E-state index is 5.94. The van der Waals surface area contributed by atoms with Crippen LogP contribution in [-0.4, -0.2) is 12.1 Å². The minimum atomic E-state index is -0.0753. The summed E-state index contributed by atoms with van der Waals surface area (Å²) in [4.78, 5) is 0. The Bertz CT molecular complexity index is 333. The van der Waals surface area contributed by atoms with Crippen molar-refractivity contribution >= 4 is 0 Å². The van der Waals surface area contributed by atoms with Crippen LogP contribution >= 0.6 is 0 Å². The lowest BCUT2D eigenvalue weighted by molar-refractivity contribution is 0.455. The van der Waals surface area contributed by atoms with Crippen molar-refractivity contribution in [2.45, 2.75) is 52.6 Å². The van der Waals surface area contributed by atoms with E-state index in [-0.39, 0.29) is 5.54 Å². The molecule has 0 amide bonds. The maximum atomic E-state index is 5.94. The molecule has 0 radical (unpaired) electrons. The molecule has 1 rings (SSSR count). The smallest absolute Gasteiger partial charge is 0.0205 e. The Morgan fingerprint density at radius 2 is 1.67 bits per heavy atom. The summed E-state index contributed by atoms with van der Waals surface area (Å²) >= 11 is 0. The molecule has 102 valence electrons. The van der Waals surface area contributed by atoms with Crippen LogP contribution in [0.15, 0.2) is 24.3 Å². The molecular formula is C16H28N2. The van der Waals surface area contributed by atoms with E-state index in [4.69, 9.17) is 5.73 Å². The molecule has 0 spiro atoms. The van der Waals surface area contributed by atoms with Gasteiger partial charge in [-0.25, -0.2) is 0 Å². The van der Waals surface area contributed by atoms with E-state index in [1.54, 1.807) is 0 Å². The van der Waals surface area contributed by atoms with Gasteiger partial charge in [0.05, 0.1) is 0 Å². The highest BCUT2D eigenvalue weighted by atomic mass is 14.9. The zero-order chi connectivity index (χ0) is 13.6. The van der Waals surface area contributed by atoms with E-state index in [9.17, 15) is 0 Å². The molecule has 0 saturated heterocycles. The summed E-state index contributed by atoms with van der Waals surface area (Å²) in [7, 11) is 0. The van der Waals surface area contributed by atoms with Crippen LogP contribution in [0, 0.1) is 5.92 Å². The second-order valence-corrected chi connectivity index (χ2v) is 6.33. The van der Waals surface area contributed by atoms with Crippen molar-refractivity contribution in [3.05, 3.63) is 35.4 Å². The van der Waals surface area contributed by atoms with E-state index >= 15 is 0 Å². The first-order chi connectivity index (χ1) is 8.37. The van der Waals surface area contributed by atoms with Gasteiger partial charge >= 0.3 is 0 Å². The summed E-state index contributed by atoms with van der Waals surface area (Å²) in [6.45, 7) is 10.5. The summed E-state index contributed by atoms with van der Waals surface area (Å²) in [5.74, 6) is 0.723. The molecule has 18 heavy (non-hydrogen) atoms. The second-order valence-electron chi connectivity index (χ2n) is 6.33. The Hall–Kier alpha value is -0.860. The van der Waals surface area contributed by atoms with E-state index in [1.165, 1.54) is 11.1 Å². The molecule has 0 aliphatic rings. The average molecular weight is 248 g/mol. The molecule has 2 heteroatoms. The topological polar surface area (TPSA) is 38.0 Å². The molecule has 0 aliphatic carbocycles. The minimum absolute atomic E-state index is 0.0753. The van der Waals surface area contributed by atoms with E-state index < -0.39 is 0 Å². The normalized spacial score (nSPS) is 12.1. The van der Waals surface area contributed by atoms with E-state index in [1.807, 2.05) is 0 Å². The largest absolute Gasteiger partial charge is 0.326 e. The molecule has 0 aromatic heterocycles. The lowest BCUT2D eigenvalue weighted by atomic mass is 10.0. The van der Waals surface area contributed by atoms with Crippen LogP contribution in [0.4, 0.5) is 0 Å². The molecule has 0 atom stereocenters. The van der Waals surface area contributed by atoms with E-state index in [0.717, 1.165) is 31.8 Å². The monoisotopic (exact) mass is 248 g/mol. The third kappa shape index (κ3) is 6.77. The highest BCUT2D eigenvalue weighted by Crippen LogP contribution is 2.10. The van der Waals surface area contributed by atoms with Crippen molar-refractivity contribution in [1.82, 2.24) is 5.32 Å². The Balaban J connectivity index is 2.31. The van der Waals surface area contributed by atoms with Gasteiger partial charge in [0, 0.05) is 12.1 Å². The molecule has 2 nitrogen and oxygen atoms in total. The van der Waals surface area contributed by atoms with Crippen LogP contribution in [0.3, 0.4) is 0 Å². The molecular weight excluding hydrogens is 220 g/mol. The van der Waals surface area contributed by atoms with Gasteiger partial charge in [0.25, 0.3) is 0 Å². The van der Waals surface area contributed by atoms with Gasteiger partial charge < -0.3 is 11.1 Å². The lowest BCUT2D eigenvalue weighted by Crippen LogP contribution is -2.35. The summed E-state index contributed by atoms with van der Waals surface area (Å²) in [6.07, 6.45) is 2.16.